The summed E-state index contributed by atoms with van der Waals surface area (Å²) in [5, 5.41) is 5.86. The van der Waals surface area contributed by atoms with Gasteiger partial charge in [0.25, 0.3) is 11.8 Å². The molecule has 3 aromatic rings. The van der Waals surface area contributed by atoms with Crippen LogP contribution in [0.2, 0.25) is 0 Å². The highest BCUT2D eigenvalue weighted by Crippen LogP contribution is 2.29. The Bertz CT molecular complexity index is 1230. The van der Waals surface area contributed by atoms with Gasteiger partial charge >= 0.3 is 6.18 Å². The van der Waals surface area contributed by atoms with Gasteiger partial charge < -0.3 is 15.5 Å². The number of nitrogens with one attached hydrogen (secondary N) is 2. The van der Waals surface area contributed by atoms with E-state index in [1.165, 1.54) is 6.07 Å². The molecule has 1 aliphatic rings. The first-order valence-electron chi connectivity index (χ1n) is 11.9. The van der Waals surface area contributed by atoms with Crippen LogP contribution in [0.1, 0.15) is 50.2 Å². The second kappa shape index (κ2) is 10.8. The lowest BCUT2D eigenvalue weighted by molar-refractivity contribution is -0.137. The number of hydrogen-bond donors (Lipinski definition) is 2. The Morgan fingerprint density at radius 3 is 2.25 bits per heavy atom. The van der Waals surface area contributed by atoms with Gasteiger partial charge in [-0.25, -0.2) is 0 Å². The number of carbonyl (C=O) groups excluding carboxylic acids is 2. The van der Waals surface area contributed by atoms with Crippen LogP contribution in [0.4, 0.5) is 18.9 Å². The number of aryl methyl sites for hydroxylation is 1. The molecule has 0 spiro atoms. The summed E-state index contributed by atoms with van der Waals surface area (Å²) in [6, 6.07) is 19.6. The van der Waals surface area contributed by atoms with E-state index in [1.54, 1.807) is 18.2 Å². The van der Waals surface area contributed by atoms with Crippen molar-refractivity contribution in [2.75, 3.05) is 18.0 Å². The number of hydrogen-bond acceptors (Lipinski definition) is 3. The van der Waals surface area contributed by atoms with Crippen molar-refractivity contribution in [3.63, 3.8) is 0 Å². The second-order valence-corrected chi connectivity index (χ2v) is 8.95. The fraction of sp³-hybridized carbons (Fsp3) is 0.286. The summed E-state index contributed by atoms with van der Waals surface area (Å²) in [7, 11) is 0. The van der Waals surface area contributed by atoms with Crippen LogP contribution in [0.3, 0.4) is 0 Å². The molecule has 188 valence electrons. The van der Waals surface area contributed by atoms with Crippen LogP contribution in [0.5, 0.6) is 0 Å². The van der Waals surface area contributed by atoms with E-state index in [2.05, 4.69) is 15.5 Å². The summed E-state index contributed by atoms with van der Waals surface area (Å²) in [6.07, 6.45) is -2.96. The average molecular weight is 496 g/mol. The van der Waals surface area contributed by atoms with Gasteiger partial charge in [0.2, 0.25) is 0 Å². The molecule has 4 rings (SSSR count). The molecule has 2 amide bonds. The Morgan fingerprint density at radius 1 is 0.889 bits per heavy atom. The maximum Gasteiger partial charge on any atom is 0.416 e. The Morgan fingerprint density at radius 2 is 1.56 bits per heavy atom. The highest BCUT2D eigenvalue weighted by atomic mass is 19.4. The Labute approximate surface area is 208 Å². The molecule has 0 aromatic heterocycles. The molecule has 2 N–H and O–H groups in total. The zero-order chi connectivity index (χ0) is 25.7. The largest absolute Gasteiger partial charge is 0.416 e. The fourth-order valence-electron chi connectivity index (χ4n) is 4.43. The highest BCUT2D eigenvalue weighted by molar-refractivity contribution is 6.00. The number of anilines is 1. The summed E-state index contributed by atoms with van der Waals surface area (Å²) < 4.78 is 38.9. The molecule has 0 aliphatic carbocycles. The third-order valence-electron chi connectivity index (χ3n) is 6.42. The van der Waals surface area contributed by atoms with Gasteiger partial charge in [-0.1, -0.05) is 42.5 Å². The van der Waals surface area contributed by atoms with E-state index >= 15 is 0 Å². The molecular formula is C28H28F3N3O2. The average Bonchev–Trinajstić information content (AvgIpc) is 2.87. The highest BCUT2D eigenvalue weighted by Gasteiger charge is 2.30. The van der Waals surface area contributed by atoms with E-state index in [4.69, 9.17) is 0 Å². The van der Waals surface area contributed by atoms with Crippen molar-refractivity contribution in [1.29, 1.82) is 0 Å². The topological polar surface area (TPSA) is 61.4 Å². The molecule has 1 aliphatic heterocycles. The Kier molecular flexibility index (Phi) is 7.62. The molecule has 1 saturated heterocycles. The van der Waals surface area contributed by atoms with E-state index in [-0.39, 0.29) is 24.4 Å². The van der Waals surface area contributed by atoms with Crippen LogP contribution in [0.15, 0.2) is 72.8 Å². The van der Waals surface area contributed by atoms with Crippen molar-refractivity contribution in [1.82, 2.24) is 10.6 Å². The number of para-hydroxylation sites is 1. The van der Waals surface area contributed by atoms with Crippen LogP contribution >= 0.6 is 0 Å². The minimum Gasteiger partial charge on any atom is -0.371 e. The first kappa shape index (κ1) is 25.3. The lowest BCUT2D eigenvalue weighted by atomic mass is 10.0. The van der Waals surface area contributed by atoms with Gasteiger partial charge in [-0.3, -0.25) is 9.59 Å². The number of nitrogens with zero attached hydrogens (tertiary/aromatic N) is 1. The molecule has 36 heavy (non-hydrogen) atoms. The van der Waals surface area contributed by atoms with Crippen LogP contribution in [0.25, 0.3) is 0 Å². The van der Waals surface area contributed by atoms with E-state index in [0.717, 1.165) is 36.2 Å². The normalized spacial score (nSPS) is 14.4. The first-order valence-corrected chi connectivity index (χ1v) is 11.9. The van der Waals surface area contributed by atoms with Crippen LogP contribution in [-0.4, -0.2) is 30.9 Å². The standard InChI is InChI=1S/C28H28F3N3O2/c1-19-7-2-3-10-23(19)27(36)33-22-13-15-34(16-14-22)25-12-5-4-11-24(25)26(35)32-18-20-8-6-9-21(17-20)28(29,30)31/h2-12,17,22H,13-16,18H2,1H3,(H,32,35)(H,33,36). The number of benzene rings is 3. The second-order valence-electron chi connectivity index (χ2n) is 8.95. The minimum atomic E-state index is -4.43. The predicted molar refractivity (Wildman–Crippen MR) is 133 cm³/mol. The smallest absolute Gasteiger partial charge is 0.371 e. The summed E-state index contributed by atoms with van der Waals surface area (Å²) in [4.78, 5) is 27.7. The molecule has 0 saturated carbocycles. The zero-order valence-corrected chi connectivity index (χ0v) is 19.9. The van der Waals surface area contributed by atoms with Crippen LogP contribution in [-0.2, 0) is 12.7 Å². The maximum absolute atomic E-state index is 13.0. The van der Waals surface area contributed by atoms with E-state index in [0.29, 0.717) is 29.8 Å². The first-order chi connectivity index (χ1) is 17.2. The van der Waals surface area contributed by atoms with E-state index < -0.39 is 11.7 Å². The summed E-state index contributed by atoms with van der Waals surface area (Å²) >= 11 is 0. The van der Waals surface area contributed by atoms with Gasteiger partial charge in [0.05, 0.1) is 11.1 Å². The van der Waals surface area contributed by atoms with Crippen molar-refractivity contribution >= 4 is 17.5 Å². The Hall–Kier alpha value is -3.81. The Balaban J connectivity index is 1.36. The molecule has 0 bridgehead atoms. The monoisotopic (exact) mass is 495 g/mol. The van der Waals surface area contributed by atoms with Crippen molar-refractivity contribution in [2.24, 2.45) is 0 Å². The van der Waals surface area contributed by atoms with E-state index in [1.807, 2.05) is 43.3 Å². The maximum atomic E-state index is 13.0. The van der Waals surface area contributed by atoms with Gasteiger partial charge in [-0.15, -0.1) is 0 Å². The van der Waals surface area contributed by atoms with Crippen molar-refractivity contribution in [3.8, 4) is 0 Å². The number of rotatable bonds is 6. The van der Waals surface area contributed by atoms with Crippen LogP contribution in [0, 0.1) is 6.92 Å². The molecule has 8 heteroatoms. The molecule has 5 nitrogen and oxygen atoms in total. The third-order valence-corrected chi connectivity index (χ3v) is 6.42. The van der Waals surface area contributed by atoms with Crippen molar-refractivity contribution in [3.05, 3.63) is 101 Å². The van der Waals surface area contributed by atoms with Gasteiger partial charge in [0, 0.05) is 36.9 Å². The molecule has 1 fully saturated rings. The fourth-order valence-corrected chi connectivity index (χ4v) is 4.43. The summed E-state index contributed by atoms with van der Waals surface area (Å²) in [6.45, 7) is 3.23. The zero-order valence-electron chi connectivity index (χ0n) is 19.9. The number of amides is 2. The number of halogens is 3. The molecule has 0 unspecified atom stereocenters. The SMILES string of the molecule is Cc1ccccc1C(=O)NC1CCN(c2ccccc2C(=O)NCc2cccc(C(F)(F)F)c2)CC1. The number of alkyl halides is 3. The summed E-state index contributed by atoms with van der Waals surface area (Å²) in [5.74, 6) is -0.432. The molecule has 0 atom stereocenters. The lowest BCUT2D eigenvalue weighted by Crippen LogP contribution is -2.45. The summed E-state index contributed by atoms with van der Waals surface area (Å²) in [5.41, 5.74) is 2.46. The van der Waals surface area contributed by atoms with Gasteiger partial charge in [-0.05, 0) is 61.2 Å². The molecule has 3 aromatic carbocycles. The predicted octanol–water partition coefficient (Wildman–Crippen LogP) is 5.34. The number of piperidine rings is 1. The third kappa shape index (κ3) is 6.05. The molecular weight excluding hydrogens is 467 g/mol. The lowest BCUT2D eigenvalue weighted by Gasteiger charge is -2.35. The van der Waals surface area contributed by atoms with Crippen molar-refractivity contribution in [2.45, 2.75) is 38.5 Å². The van der Waals surface area contributed by atoms with Gasteiger partial charge in [0.1, 0.15) is 0 Å². The minimum absolute atomic E-state index is 0.00983. The van der Waals surface area contributed by atoms with Crippen molar-refractivity contribution < 1.29 is 22.8 Å². The molecule has 1 heterocycles. The van der Waals surface area contributed by atoms with E-state index in [9.17, 15) is 22.8 Å². The van der Waals surface area contributed by atoms with Gasteiger partial charge in [-0.2, -0.15) is 13.2 Å². The van der Waals surface area contributed by atoms with Gasteiger partial charge in [0.15, 0.2) is 0 Å². The van der Waals surface area contributed by atoms with Crippen LogP contribution < -0.4 is 15.5 Å². The molecule has 0 radical (unpaired) electrons. The number of carbonyl (C=O) groups is 2. The quantitative estimate of drug-likeness (QED) is 0.485.